The number of carbonyl (C=O) groups excluding carboxylic acids is 1. The zero-order valence-electron chi connectivity index (χ0n) is 15.3. The van der Waals surface area contributed by atoms with Gasteiger partial charge in [0.1, 0.15) is 11.4 Å². The van der Waals surface area contributed by atoms with Gasteiger partial charge in [0, 0.05) is 12.6 Å². The quantitative estimate of drug-likeness (QED) is 0.884. The highest BCUT2D eigenvalue weighted by Crippen LogP contribution is 2.46. The van der Waals surface area contributed by atoms with Gasteiger partial charge < -0.3 is 10.1 Å². The van der Waals surface area contributed by atoms with Crippen molar-refractivity contribution in [3.8, 4) is 0 Å². The van der Waals surface area contributed by atoms with Crippen LogP contribution in [0.2, 0.25) is 0 Å². The van der Waals surface area contributed by atoms with Crippen LogP contribution in [0.3, 0.4) is 0 Å². The van der Waals surface area contributed by atoms with Crippen LogP contribution in [0, 0.1) is 6.92 Å². The molecule has 2 N–H and O–H groups in total. The minimum atomic E-state index is -0.461. The molecule has 1 amide bonds. The number of aryl methyl sites for hydroxylation is 1. The first kappa shape index (κ1) is 17.2. The van der Waals surface area contributed by atoms with Gasteiger partial charge in [-0.3, -0.25) is 10.00 Å². The van der Waals surface area contributed by atoms with E-state index >= 15 is 0 Å². The van der Waals surface area contributed by atoms with Crippen molar-refractivity contribution in [2.45, 2.75) is 83.5 Å². The zero-order chi connectivity index (χ0) is 17.5. The summed E-state index contributed by atoms with van der Waals surface area (Å²) in [4.78, 5) is 19.1. The fourth-order valence-electron chi connectivity index (χ4n) is 3.93. The maximum atomic E-state index is 12.7. The van der Waals surface area contributed by atoms with E-state index in [-0.39, 0.29) is 17.7 Å². The molecule has 7 nitrogen and oxygen atoms in total. The van der Waals surface area contributed by atoms with Gasteiger partial charge in [0.25, 0.3) is 0 Å². The number of fused-ring (bicyclic) bond motifs is 2. The summed E-state index contributed by atoms with van der Waals surface area (Å²) in [5.74, 6) is 1.58. The second-order valence-electron chi connectivity index (χ2n) is 8.19. The third-order valence-corrected chi connectivity index (χ3v) is 5.09. The van der Waals surface area contributed by atoms with Crippen LogP contribution >= 0.6 is 0 Å². The molecule has 2 aliphatic heterocycles. The maximum absolute atomic E-state index is 12.7. The highest BCUT2D eigenvalue weighted by atomic mass is 16.6. The molecule has 2 aliphatic rings. The Morgan fingerprint density at radius 2 is 2.12 bits per heavy atom. The highest BCUT2D eigenvalue weighted by molar-refractivity contribution is 5.71. The lowest BCUT2D eigenvalue weighted by molar-refractivity contribution is 0.00916. The van der Waals surface area contributed by atoms with Crippen LogP contribution < -0.4 is 5.32 Å². The fourth-order valence-corrected chi connectivity index (χ4v) is 3.93. The molecule has 1 aromatic rings. The number of nitrogens with zero attached hydrogens (tertiary/aromatic N) is 3. The summed E-state index contributed by atoms with van der Waals surface area (Å²) in [6.07, 6.45) is 4.02. The molecule has 7 heteroatoms. The number of aromatic amines is 1. The Morgan fingerprint density at radius 3 is 2.67 bits per heavy atom. The number of H-pyrrole nitrogens is 1. The number of carbonyl (C=O) groups is 1. The second-order valence-corrected chi connectivity index (χ2v) is 8.19. The van der Waals surface area contributed by atoms with E-state index in [2.05, 4.69) is 27.4 Å². The normalized spacial score (nSPS) is 27.5. The Bertz CT molecular complexity index is 598. The highest BCUT2D eigenvalue weighted by Gasteiger charge is 2.54. The molecule has 3 rings (SSSR count). The van der Waals surface area contributed by atoms with Crippen LogP contribution in [0.4, 0.5) is 4.79 Å². The number of aromatic nitrogens is 3. The van der Waals surface area contributed by atoms with Crippen molar-refractivity contribution in [3.63, 3.8) is 0 Å². The molecule has 0 aliphatic carbocycles. The molecule has 0 spiro atoms. The summed E-state index contributed by atoms with van der Waals surface area (Å²) in [5, 5.41) is 10.6. The average molecular weight is 335 g/mol. The lowest BCUT2D eigenvalue weighted by Gasteiger charge is -2.36. The second kappa shape index (κ2) is 6.02. The van der Waals surface area contributed by atoms with E-state index in [9.17, 15) is 4.79 Å². The number of hydrogen-bond donors (Lipinski definition) is 2. The first-order valence-electron chi connectivity index (χ1n) is 8.85. The summed E-state index contributed by atoms with van der Waals surface area (Å²) >= 11 is 0. The van der Waals surface area contributed by atoms with Crippen LogP contribution in [0.25, 0.3) is 0 Å². The Balaban J connectivity index is 1.67. The predicted molar refractivity (Wildman–Crippen MR) is 90.6 cm³/mol. The number of amides is 1. The van der Waals surface area contributed by atoms with Gasteiger partial charge in [0.05, 0.1) is 11.6 Å². The van der Waals surface area contributed by atoms with E-state index in [4.69, 9.17) is 4.74 Å². The van der Waals surface area contributed by atoms with Crippen LogP contribution in [0.1, 0.15) is 71.1 Å². The summed E-state index contributed by atoms with van der Waals surface area (Å²) < 4.78 is 5.65. The van der Waals surface area contributed by atoms with Crippen molar-refractivity contribution in [3.05, 3.63) is 11.6 Å². The number of hydrogen-bond acceptors (Lipinski definition) is 5. The van der Waals surface area contributed by atoms with Crippen molar-refractivity contribution in [1.82, 2.24) is 25.4 Å². The molecular formula is C17H29N5O2. The monoisotopic (exact) mass is 335 g/mol. The third kappa shape index (κ3) is 3.27. The molecule has 2 saturated heterocycles. The Hall–Kier alpha value is -1.63. The lowest BCUT2D eigenvalue weighted by atomic mass is 9.87. The van der Waals surface area contributed by atoms with Gasteiger partial charge in [0.2, 0.25) is 0 Å². The van der Waals surface area contributed by atoms with Gasteiger partial charge >= 0.3 is 6.09 Å². The fraction of sp³-hybridized carbons (Fsp3) is 0.824. The summed E-state index contributed by atoms with van der Waals surface area (Å²) in [6.45, 7) is 10.4. The van der Waals surface area contributed by atoms with Gasteiger partial charge in [-0.1, -0.05) is 0 Å². The molecular weight excluding hydrogens is 306 g/mol. The summed E-state index contributed by atoms with van der Waals surface area (Å²) in [6, 6.07) is 0.368. The third-order valence-electron chi connectivity index (χ3n) is 5.09. The molecule has 0 unspecified atom stereocenters. The molecule has 3 heterocycles. The van der Waals surface area contributed by atoms with Crippen molar-refractivity contribution in [2.24, 2.45) is 0 Å². The number of rotatable bonds is 4. The molecule has 1 atom stereocenters. The smallest absolute Gasteiger partial charge is 0.411 e. The predicted octanol–water partition coefficient (Wildman–Crippen LogP) is 2.70. The zero-order valence-corrected chi connectivity index (χ0v) is 15.3. The number of nitrogens with one attached hydrogen (secondary N) is 2. The molecule has 134 valence electrons. The van der Waals surface area contributed by atoms with Gasteiger partial charge in [-0.05, 0) is 60.3 Å². The first-order valence-corrected chi connectivity index (χ1v) is 8.85. The van der Waals surface area contributed by atoms with E-state index in [1.54, 1.807) is 0 Å². The average Bonchev–Trinajstić information content (AvgIpc) is 3.16. The largest absolute Gasteiger partial charge is 0.444 e. The van der Waals surface area contributed by atoms with Gasteiger partial charge in [0.15, 0.2) is 5.82 Å². The Morgan fingerprint density at radius 1 is 1.46 bits per heavy atom. The van der Waals surface area contributed by atoms with Crippen LogP contribution in [-0.2, 0) is 4.74 Å². The van der Waals surface area contributed by atoms with Gasteiger partial charge in [-0.15, -0.1) is 0 Å². The van der Waals surface area contributed by atoms with E-state index < -0.39 is 5.60 Å². The van der Waals surface area contributed by atoms with E-state index in [0.29, 0.717) is 6.04 Å². The molecule has 1 aromatic heterocycles. The van der Waals surface area contributed by atoms with Gasteiger partial charge in [-0.25, -0.2) is 9.78 Å². The molecule has 0 aromatic carbocycles. The van der Waals surface area contributed by atoms with Crippen LogP contribution in [0.5, 0.6) is 0 Å². The molecule has 2 fully saturated rings. The Kier molecular flexibility index (Phi) is 4.32. The van der Waals surface area contributed by atoms with E-state index in [0.717, 1.165) is 43.9 Å². The summed E-state index contributed by atoms with van der Waals surface area (Å²) in [7, 11) is 0. The molecule has 0 saturated carbocycles. The standard InChI is InChI=1S/C17H29N5O2/c1-11(14-19-12(2)20-21-14)18-10-17-8-6-13(7-9-17)22(17)15(23)24-16(3,4)5/h11,13,18H,6-10H2,1-5H3,(H,19,20,21)/t11-,13?,17?/m0/s1. The molecule has 2 bridgehead atoms. The lowest BCUT2D eigenvalue weighted by Crippen LogP contribution is -2.52. The molecule has 24 heavy (non-hydrogen) atoms. The topological polar surface area (TPSA) is 83.1 Å². The number of ether oxygens (including phenoxy) is 1. The van der Waals surface area contributed by atoms with Crippen molar-refractivity contribution in [1.29, 1.82) is 0 Å². The van der Waals surface area contributed by atoms with Crippen LogP contribution in [0.15, 0.2) is 0 Å². The minimum absolute atomic E-state index is 0.0458. The van der Waals surface area contributed by atoms with Crippen molar-refractivity contribution < 1.29 is 9.53 Å². The van der Waals surface area contributed by atoms with Crippen molar-refractivity contribution >= 4 is 6.09 Å². The minimum Gasteiger partial charge on any atom is -0.444 e. The summed E-state index contributed by atoms with van der Waals surface area (Å²) in [5.41, 5.74) is -0.593. The Labute approximate surface area is 143 Å². The molecule has 0 radical (unpaired) electrons. The SMILES string of the molecule is Cc1nc([C@H](C)NCC23CCC(CC2)N3C(=O)OC(C)(C)C)n[nH]1. The van der Waals surface area contributed by atoms with Crippen molar-refractivity contribution in [2.75, 3.05) is 6.54 Å². The van der Waals surface area contributed by atoms with Gasteiger partial charge in [-0.2, -0.15) is 5.10 Å². The van der Waals surface area contributed by atoms with Crippen LogP contribution in [-0.4, -0.2) is 49.9 Å². The van der Waals surface area contributed by atoms with E-state index in [1.807, 2.05) is 32.6 Å². The maximum Gasteiger partial charge on any atom is 0.411 e. The van der Waals surface area contributed by atoms with E-state index in [1.165, 1.54) is 0 Å². The first-order chi connectivity index (χ1) is 11.2.